The number of carbonyl (C=O) groups excluding carboxylic acids is 1. The maximum atomic E-state index is 11.5. The first kappa shape index (κ1) is 12.9. The quantitative estimate of drug-likeness (QED) is 0.762. The van der Waals surface area contributed by atoms with Gasteiger partial charge in [0.25, 0.3) is 6.01 Å². The van der Waals surface area contributed by atoms with Gasteiger partial charge in [-0.2, -0.15) is 4.98 Å². The SMILES string of the molecule is CCOC(=O)c1coc(N(C)C(CN)C2CC2)n1. The Kier molecular flexibility index (Phi) is 3.86. The number of nitrogens with two attached hydrogens (primary N) is 1. The predicted molar refractivity (Wildman–Crippen MR) is 66.4 cm³/mol. The van der Waals surface area contributed by atoms with Gasteiger partial charge >= 0.3 is 5.97 Å². The van der Waals surface area contributed by atoms with Crippen LogP contribution in [0.2, 0.25) is 0 Å². The van der Waals surface area contributed by atoms with Gasteiger partial charge in [0, 0.05) is 19.6 Å². The van der Waals surface area contributed by atoms with Crippen molar-refractivity contribution in [2.75, 3.05) is 25.1 Å². The Morgan fingerprint density at radius 2 is 2.44 bits per heavy atom. The van der Waals surface area contributed by atoms with Crippen LogP contribution in [0.15, 0.2) is 10.7 Å². The third-order valence-electron chi connectivity index (χ3n) is 3.18. The first-order chi connectivity index (χ1) is 8.67. The second kappa shape index (κ2) is 5.39. The third kappa shape index (κ3) is 2.64. The number of nitrogens with zero attached hydrogens (tertiary/aromatic N) is 2. The van der Waals surface area contributed by atoms with Crippen LogP contribution < -0.4 is 10.6 Å². The number of carbonyl (C=O) groups is 1. The van der Waals surface area contributed by atoms with E-state index in [1.54, 1.807) is 6.92 Å². The smallest absolute Gasteiger partial charge is 0.360 e. The van der Waals surface area contributed by atoms with Crippen molar-refractivity contribution in [3.63, 3.8) is 0 Å². The highest BCUT2D eigenvalue weighted by Gasteiger charge is 2.34. The summed E-state index contributed by atoms with van der Waals surface area (Å²) in [5, 5.41) is 0. The van der Waals surface area contributed by atoms with Gasteiger partial charge in [-0.1, -0.05) is 0 Å². The fourth-order valence-corrected chi connectivity index (χ4v) is 2.01. The number of oxazole rings is 1. The van der Waals surface area contributed by atoms with E-state index in [1.807, 2.05) is 11.9 Å². The molecule has 1 aromatic rings. The van der Waals surface area contributed by atoms with Crippen LogP contribution in [0.5, 0.6) is 0 Å². The van der Waals surface area contributed by atoms with E-state index in [0.717, 1.165) is 0 Å². The highest BCUT2D eigenvalue weighted by Crippen LogP contribution is 2.35. The number of anilines is 1. The van der Waals surface area contributed by atoms with Gasteiger partial charge in [0.15, 0.2) is 5.69 Å². The Morgan fingerprint density at radius 3 is 3.00 bits per heavy atom. The lowest BCUT2D eigenvalue weighted by Crippen LogP contribution is -2.39. The minimum Gasteiger partial charge on any atom is -0.461 e. The van der Waals surface area contributed by atoms with Crippen molar-refractivity contribution >= 4 is 12.0 Å². The fourth-order valence-electron chi connectivity index (χ4n) is 2.01. The molecule has 0 amide bonds. The Balaban J connectivity index is 2.06. The summed E-state index contributed by atoms with van der Waals surface area (Å²) in [5.74, 6) is 0.148. The molecule has 1 heterocycles. The van der Waals surface area contributed by atoms with Crippen LogP contribution in [0.4, 0.5) is 6.01 Å². The lowest BCUT2D eigenvalue weighted by Gasteiger charge is -2.25. The number of hydrogen-bond acceptors (Lipinski definition) is 6. The van der Waals surface area contributed by atoms with Crippen LogP contribution in [0.3, 0.4) is 0 Å². The van der Waals surface area contributed by atoms with Crippen LogP contribution in [-0.2, 0) is 4.74 Å². The van der Waals surface area contributed by atoms with E-state index in [9.17, 15) is 4.79 Å². The molecule has 1 aliphatic carbocycles. The molecule has 0 saturated heterocycles. The maximum absolute atomic E-state index is 11.5. The summed E-state index contributed by atoms with van der Waals surface area (Å²) in [6.45, 7) is 2.63. The molecule has 1 atom stereocenters. The molecule has 0 bridgehead atoms. The molecule has 1 saturated carbocycles. The molecule has 1 aromatic heterocycles. The summed E-state index contributed by atoms with van der Waals surface area (Å²) >= 11 is 0. The monoisotopic (exact) mass is 253 g/mol. The molecule has 100 valence electrons. The predicted octanol–water partition coefficient (Wildman–Crippen LogP) is 1.02. The van der Waals surface area contributed by atoms with Crippen molar-refractivity contribution in [3.05, 3.63) is 12.0 Å². The normalized spacial score (nSPS) is 16.4. The van der Waals surface area contributed by atoms with Crippen molar-refractivity contribution < 1.29 is 13.9 Å². The Hall–Kier alpha value is -1.56. The highest BCUT2D eigenvalue weighted by atomic mass is 16.5. The van der Waals surface area contributed by atoms with E-state index in [-0.39, 0.29) is 11.7 Å². The summed E-state index contributed by atoms with van der Waals surface area (Å²) in [7, 11) is 1.89. The molecule has 6 nitrogen and oxygen atoms in total. The largest absolute Gasteiger partial charge is 0.461 e. The van der Waals surface area contributed by atoms with Gasteiger partial charge in [0.1, 0.15) is 6.26 Å². The molecule has 1 aliphatic rings. The molecule has 1 unspecified atom stereocenters. The van der Waals surface area contributed by atoms with Crippen molar-refractivity contribution in [3.8, 4) is 0 Å². The lowest BCUT2D eigenvalue weighted by atomic mass is 10.2. The van der Waals surface area contributed by atoms with Gasteiger partial charge in [-0.15, -0.1) is 0 Å². The Labute approximate surface area is 106 Å². The van der Waals surface area contributed by atoms with Gasteiger partial charge in [-0.25, -0.2) is 4.79 Å². The molecular formula is C12H19N3O3. The molecule has 0 aromatic carbocycles. The molecular weight excluding hydrogens is 234 g/mol. The second-order valence-corrected chi connectivity index (χ2v) is 4.49. The molecule has 6 heteroatoms. The standard InChI is InChI=1S/C12H19N3O3/c1-3-17-11(16)9-7-18-12(14-9)15(2)10(6-13)8-4-5-8/h7-8,10H,3-6,13H2,1-2H3. The van der Waals surface area contributed by atoms with Crippen LogP contribution in [0.25, 0.3) is 0 Å². The van der Waals surface area contributed by atoms with Crippen molar-refractivity contribution in [2.24, 2.45) is 11.7 Å². The Bertz CT molecular complexity index is 414. The zero-order chi connectivity index (χ0) is 13.1. The van der Waals surface area contributed by atoms with Gasteiger partial charge in [-0.05, 0) is 25.7 Å². The summed E-state index contributed by atoms with van der Waals surface area (Å²) in [6.07, 6.45) is 3.71. The number of ether oxygens (including phenoxy) is 1. The number of rotatable bonds is 6. The molecule has 0 spiro atoms. The molecule has 18 heavy (non-hydrogen) atoms. The summed E-state index contributed by atoms with van der Waals surface area (Å²) < 4.78 is 10.2. The minimum absolute atomic E-state index is 0.199. The van der Waals surface area contributed by atoms with E-state index in [4.69, 9.17) is 14.9 Å². The highest BCUT2D eigenvalue weighted by molar-refractivity contribution is 5.87. The number of likely N-dealkylation sites (N-methyl/N-ethyl adjacent to an activating group) is 1. The van der Waals surface area contributed by atoms with E-state index < -0.39 is 5.97 Å². The first-order valence-electron chi connectivity index (χ1n) is 6.23. The van der Waals surface area contributed by atoms with Crippen molar-refractivity contribution in [2.45, 2.75) is 25.8 Å². The number of esters is 1. The van der Waals surface area contributed by atoms with Crippen molar-refractivity contribution in [1.82, 2.24) is 4.98 Å². The average Bonchev–Trinajstić information content (AvgIpc) is 3.06. The van der Waals surface area contributed by atoms with Gasteiger partial charge in [0.05, 0.1) is 6.61 Å². The fraction of sp³-hybridized carbons (Fsp3) is 0.667. The van der Waals surface area contributed by atoms with E-state index in [1.165, 1.54) is 19.1 Å². The molecule has 2 rings (SSSR count). The van der Waals surface area contributed by atoms with Gasteiger partial charge < -0.3 is 19.8 Å². The number of hydrogen-bond donors (Lipinski definition) is 1. The first-order valence-corrected chi connectivity index (χ1v) is 6.23. The summed E-state index contributed by atoms with van der Waals surface area (Å²) in [5.41, 5.74) is 5.96. The zero-order valence-corrected chi connectivity index (χ0v) is 10.8. The topological polar surface area (TPSA) is 81.6 Å². The second-order valence-electron chi connectivity index (χ2n) is 4.49. The number of aromatic nitrogens is 1. The summed E-state index contributed by atoms with van der Waals surface area (Å²) in [4.78, 5) is 17.5. The van der Waals surface area contributed by atoms with E-state index >= 15 is 0 Å². The van der Waals surface area contributed by atoms with E-state index in [2.05, 4.69) is 4.98 Å². The molecule has 0 aliphatic heterocycles. The maximum Gasteiger partial charge on any atom is 0.360 e. The van der Waals surface area contributed by atoms with Crippen molar-refractivity contribution in [1.29, 1.82) is 0 Å². The van der Waals surface area contributed by atoms with Crippen LogP contribution in [0.1, 0.15) is 30.3 Å². The molecule has 2 N–H and O–H groups in total. The van der Waals surface area contributed by atoms with Crippen LogP contribution in [0, 0.1) is 5.92 Å². The van der Waals surface area contributed by atoms with Crippen LogP contribution in [-0.4, -0.2) is 37.2 Å². The van der Waals surface area contributed by atoms with E-state index in [0.29, 0.717) is 25.1 Å². The van der Waals surface area contributed by atoms with Crippen LogP contribution >= 0.6 is 0 Å². The molecule has 1 fully saturated rings. The average molecular weight is 253 g/mol. The minimum atomic E-state index is -0.461. The van der Waals surface area contributed by atoms with Gasteiger partial charge in [0.2, 0.25) is 0 Å². The third-order valence-corrected chi connectivity index (χ3v) is 3.18. The molecule has 0 radical (unpaired) electrons. The zero-order valence-electron chi connectivity index (χ0n) is 10.8. The Morgan fingerprint density at radius 1 is 1.72 bits per heavy atom. The lowest BCUT2D eigenvalue weighted by molar-refractivity contribution is 0.0519. The summed E-state index contributed by atoms with van der Waals surface area (Å²) in [6, 6.07) is 0.638. The van der Waals surface area contributed by atoms with Gasteiger partial charge in [-0.3, -0.25) is 0 Å².